The van der Waals surface area contributed by atoms with Crippen LogP contribution in [-0.2, 0) is 4.74 Å². The molecule has 17 heavy (non-hydrogen) atoms. The highest BCUT2D eigenvalue weighted by Gasteiger charge is 2.25. The summed E-state index contributed by atoms with van der Waals surface area (Å²) in [5, 5.41) is 28.6. The van der Waals surface area contributed by atoms with Crippen molar-refractivity contribution in [2.75, 3.05) is 6.61 Å². The number of carbonyl (C=O) groups is 1. The molecule has 0 saturated heterocycles. The summed E-state index contributed by atoms with van der Waals surface area (Å²) in [5.41, 5.74) is -0.783. The second kappa shape index (κ2) is 5.42. The highest BCUT2D eigenvalue weighted by molar-refractivity contribution is 6.60. The molecule has 0 aliphatic carbocycles. The van der Waals surface area contributed by atoms with Gasteiger partial charge >= 0.3 is 13.1 Å². The molecule has 0 saturated carbocycles. The molecule has 0 radical (unpaired) electrons. The Morgan fingerprint density at radius 3 is 2.65 bits per heavy atom. The number of hydrogen-bond acceptors (Lipinski definition) is 6. The molecule has 8 heteroatoms. The first-order valence-corrected chi connectivity index (χ1v) is 4.79. The van der Waals surface area contributed by atoms with Crippen LogP contribution < -0.4 is 5.46 Å². The van der Waals surface area contributed by atoms with E-state index in [2.05, 4.69) is 0 Å². The smallest absolute Gasteiger partial charge is 0.462 e. The van der Waals surface area contributed by atoms with E-state index in [1.165, 1.54) is 6.07 Å². The van der Waals surface area contributed by atoms with Gasteiger partial charge in [-0.05, 0) is 19.1 Å². The molecule has 1 aromatic carbocycles. The van der Waals surface area contributed by atoms with Crippen LogP contribution in [0, 0.1) is 10.1 Å². The van der Waals surface area contributed by atoms with E-state index in [1.807, 2.05) is 0 Å². The Balaban J connectivity index is 3.18. The van der Waals surface area contributed by atoms with Crippen molar-refractivity contribution in [3.63, 3.8) is 0 Å². The SMILES string of the molecule is CCOC(=O)c1ccc([N+](=O)[O-])c(B(O)O)c1. The molecule has 0 amide bonds. The maximum absolute atomic E-state index is 11.3. The van der Waals surface area contributed by atoms with Crippen LogP contribution in [-0.4, -0.2) is 34.7 Å². The third kappa shape index (κ3) is 3.02. The summed E-state index contributed by atoms with van der Waals surface area (Å²) in [6, 6.07) is 3.25. The van der Waals surface area contributed by atoms with Crippen LogP contribution >= 0.6 is 0 Å². The lowest BCUT2D eigenvalue weighted by molar-refractivity contribution is -0.383. The zero-order chi connectivity index (χ0) is 13.0. The molecule has 1 aromatic rings. The predicted molar refractivity (Wildman–Crippen MR) is 58.9 cm³/mol. The van der Waals surface area contributed by atoms with Gasteiger partial charge in [-0.1, -0.05) is 0 Å². The van der Waals surface area contributed by atoms with Crippen molar-refractivity contribution in [2.45, 2.75) is 6.92 Å². The lowest BCUT2D eigenvalue weighted by Crippen LogP contribution is -2.32. The van der Waals surface area contributed by atoms with E-state index in [0.717, 1.165) is 12.1 Å². The largest absolute Gasteiger partial charge is 0.495 e. The third-order valence-corrected chi connectivity index (χ3v) is 2.01. The fourth-order valence-corrected chi connectivity index (χ4v) is 1.27. The van der Waals surface area contributed by atoms with Crippen LogP contribution in [0.3, 0.4) is 0 Å². The van der Waals surface area contributed by atoms with Gasteiger partial charge in [0.15, 0.2) is 0 Å². The van der Waals surface area contributed by atoms with Crippen molar-refractivity contribution in [1.82, 2.24) is 0 Å². The molecule has 0 aromatic heterocycles. The fraction of sp³-hybridized carbons (Fsp3) is 0.222. The lowest BCUT2D eigenvalue weighted by Gasteiger charge is -2.05. The number of nitro groups is 1. The normalized spacial score (nSPS) is 9.82. The van der Waals surface area contributed by atoms with E-state index in [-0.39, 0.29) is 17.6 Å². The maximum atomic E-state index is 11.3. The van der Waals surface area contributed by atoms with Crippen molar-refractivity contribution in [2.24, 2.45) is 0 Å². The number of hydrogen-bond donors (Lipinski definition) is 2. The Hall–Kier alpha value is -1.93. The van der Waals surface area contributed by atoms with E-state index in [9.17, 15) is 14.9 Å². The minimum atomic E-state index is -2.02. The highest BCUT2D eigenvalue weighted by Crippen LogP contribution is 2.11. The molecule has 7 nitrogen and oxygen atoms in total. The average Bonchev–Trinajstić information content (AvgIpc) is 2.28. The molecule has 0 aliphatic heterocycles. The van der Waals surface area contributed by atoms with Gasteiger partial charge in [-0.3, -0.25) is 10.1 Å². The number of rotatable bonds is 4. The Bertz CT molecular complexity index is 447. The second-order valence-corrected chi connectivity index (χ2v) is 3.12. The zero-order valence-electron chi connectivity index (χ0n) is 8.99. The summed E-state index contributed by atoms with van der Waals surface area (Å²) in [4.78, 5) is 21.2. The Morgan fingerprint density at radius 2 is 2.18 bits per heavy atom. The monoisotopic (exact) mass is 239 g/mol. The molecule has 0 heterocycles. The van der Waals surface area contributed by atoms with Crippen LogP contribution in [0.1, 0.15) is 17.3 Å². The standard InChI is InChI=1S/C9H10BNO6/c1-2-17-9(12)6-3-4-8(11(15)16)7(5-6)10(13)14/h3-5,13-14H,2H2,1H3. The van der Waals surface area contributed by atoms with Gasteiger partial charge in [0.05, 0.1) is 22.6 Å². The first-order chi connectivity index (χ1) is 7.97. The van der Waals surface area contributed by atoms with Gasteiger partial charge in [-0.25, -0.2) is 4.79 Å². The summed E-state index contributed by atoms with van der Waals surface area (Å²) in [7, 11) is -2.02. The third-order valence-electron chi connectivity index (χ3n) is 2.01. The number of esters is 1. The fourth-order valence-electron chi connectivity index (χ4n) is 1.27. The molecule has 90 valence electrons. The number of benzene rings is 1. The van der Waals surface area contributed by atoms with Gasteiger partial charge in [-0.2, -0.15) is 0 Å². The summed E-state index contributed by atoms with van der Waals surface area (Å²) in [6.07, 6.45) is 0. The van der Waals surface area contributed by atoms with Crippen LogP contribution in [0.5, 0.6) is 0 Å². The van der Waals surface area contributed by atoms with Crippen molar-refractivity contribution < 1.29 is 24.5 Å². The van der Waals surface area contributed by atoms with Crippen molar-refractivity contribution in [3.05, 3.63) is 33.9 Å². The molecule has 0 unspecified atom stereocenters. The van der Waals surface area contributed by atoms with E-state index in [1.54, 1.807) is 6.92 Å². The van der Waals surface area contributed by atoms with Crippen LogP contribution in [0.2, 0.25) is 0 Å². The van der Waals surface area contributed by atoms with E-state index in [4.69, 9.17) is 14.8 Å². The van der Waals surface area contributed by atoms with Crippen molar-refractivity contribution in [1.29, 1.82) is 0 Å². The summed E-state index contributed by atoms with van der Waals surface area (Å²) < 4.78 is 4.69. The van der Waals surface area contributed by atoms with Gasteiger partial charge in [0.25, 0.3) is 5.69 Å². The van der Waals surface area contributed by atoms with Gasteiger partial charge in [0.1, 0.15) is 0 Å². The molecule has 0 aliphatic rings. The van der Waals surface area contributed by atoms with Crippen molar-refractivity contribution in [3.8, 4) is 0 Å². The maximum Gasteiger partial charge on any atom is 0.495 e. The van der Waals surface area contributed by atoms with Gasteiger partial charge < -0.3 is 14.8 Å². The van der Waals surface area contributed by atoms with E-state index >= 15 is 0 Å². The van der Waals surface area contributed by atoms with Crippen LogP contribution in [0.4, 0.5) is 5.69 Å². The Kier molecular flexibility index (Phi) is 4.19. The van der Waals surface area contributed by atoms with Gasteiger partial charge in [0, 0.05) is 6.07 Å². The molecule has 0 fully saturated rings. The van der Waals surface area contributed by atoms with Gasteiger partial charge in [-0.15, -0.1) is 0 Å². The number of carbonyl (C=O) groups excluding carboxylic acids is 1. The average molecular weight is 239 g/mol. The minimum absolute atomic E-state index is 0.0283. The second-order valence-electron chi connectivity index (χ2n) is 3.12. The quantitative estimate of drug-likeness (QED) is 0.315. The summed E-state index contributed by atoms with van der Waals surface area (Å²) in [6.45, 7) is 1.78. The molecular weight excluding hydrogens is 229 g/mol. The zero-order valence-corrected chi connectivity index (χ0v) is 8.99. The van der Waals surface area contributed by atoms with Crippen LogP contribution in [0.15, 0.2) is 18.2 Å². The Labute approximate surface area is 96.9 Å². The molecule has 0 spiro atoms. The molecule has 2 N–H and O–H groups in total. The number of ether oxygens (including phenoxy) is 1. The van der Waals surface area contributed by atoms with Gasteiger partial charge in [0.2, 0.25) is 0 Å². The van der Waals surface area contributed by atoms with E-state index in [0.29, 0.717) is 0 Å². The highest BCUT2D eigenvalue weighted by atomic mass is 16.6. The summed E-state index contributed by atoms with van der Waals surface area (Å²) in [5.74, 6) is -0.677. The predicted octanol–water partition coefficient (Wildman–Crippen LogP) is -0.549. The molecule has 0 atom stereocenters. The molecule has 1 rings (SSSR count). The number of nitro benzene ring substituents is 1. The Morgan fingerprint density at radius 1 is 1.53 bits per heavy atom. The van der Waals surface area contributed by atoms with Crippen LogP contribution in [0.25, 0.3) is 0 Å². The van der Waals surface area contributed by atoms with E-state index < -0.39 is 23.7 Å². The molecular formula is C9H10BNO6. The first-order valence-electron chi connectivity index (χ1n) is 4.79. The first kappa shape index (κ1) is 13.1. The molecule has 0 bridgehead atoms. The minimum Gasteiger partial charge on any atom is -0.462 e. The lowest BCUT2D eigenvalue weighted by atomic mass is 9.78. The topological polar surface area (TPSA) is 110 Å². The number of nitrogens with zero attached hydrogens (tertiary/aromatic N) is 1. The van der Waals surface area contributed by atoms with Crippen molar-refractivity contribution >= 4 is 24.2 Å². The summed E-state index contributed by atoms with van der Waals surface area (Å²) >= 11 is 0.